The maximum atomic E-state index is 12.5. The van der Waals surface area contributed by atoms with E-state index < -0.39 is 0 Å². The number of carbonyl (C=O) groups excluding carboxylic acids is 1. The molecule has 2 saturated heterocycles. The van der Waals surface area contributed by atoms with Gasteiger partial charge in [0, 0.05) is 32.4 Å². The van der Waals surface area contributed by atoms with E-state index in [1.54, 1.807) is 29.5 Å². The van der Waals surface area contributed by atoms with Crippen LogP contribution in [0.1, 0.15) is 23.3 Å². The van der Waals surface area contributed by atoms with Crippen LogP contribution in [0.4, 0.5) is 0 Å². The fourth-order valence-corrected chi connectivity index (χ4v) is 3.48. The number of imidazole rings is 1. The van der Waals surface area contributed by atoms with Crippen molar-refractivity contribution in [1.82, 2.24) is 19.4 Å². The fraction of sp³-hybridized carbons (Fsp3) is 0.471. The van der Waals surface area contributed by atoms with Gasteiger partial charge >= 0.3 is 0 Å². The molecule has 1 spiro atoms. The molecular weight excluding hydrogens is 308 g/mol. The normalized spacial score (nSPS) is 26.2. The van der Waals surface area contributed by atoms with E-state index in [0.717, 1.165) is 18.6 Å². The fourth-order valence-electron chi connectivity index (χ4n) is 3.48. The second-order valence-corrected chi connectivity index (χ2v) is 6.53. The SMILES string of the molecule is Cn1cnc(C(=O)N2CC[C@@]3(C[C@@H](Oc4cccnc4)CO3)C2)c1. The van der Waals surface area contributed by atoms with Crippen LogP contribution in [0.15, 0.2) is 37.1 Å². The van der Waals surface area contributed by atoms with Crippen molar-refractivity contribution in [2.75, 3.05) is 19.7 Å². The van der Waals surface area contributed by atoms with Crippen molar-refractivity contribution in [2.45, 2.75) is 24.5 Å². The summed E-state index contributed by atoms with van der Waals surface area (Å²) in [7, 11) is 1.86. The van der Waals surface area contributed by atoms with Gasteiger partial charge in [0.15, 0.2) is 0 Å². The van der Waals surface area contributed by atoms with Crippen LogP contribution in [-0.2, 0) is 11.8 Å². The second-order valence-electron chi connectivity index (χ2n) is 6.53. The Kier molecular flexibility index (Phi) is 3.72. The first-order valence-electron chi connectivity index (χ1n) is 8.11. The van der Waals surface area contributed by atoms with Crippen LogP contribution in [-0.4, -0.2) is 56.7 Å². The summed E-state index contributed by atoms with van der Waals surface area (Å²) >= 11 is 0. The van der Waals surface area contributed by atoms with Crippen LogP contribution in [0.2, 0.25) is 0 Å². The number of likely N-dealkylation sites (tertiary alicyclic amines) is 1. The average Bonchev–Trinajstić information content (AvgIpc) is 3.30. The molecule has 0 N–H and O–H groups in total. The summed E-state index contributed by atoms with van der Waals surface area (Å²) in [4.78, 5) is 22.6. The molecule has 0 radical (unpaired) electrons. The maximum Gasteiger partial charge on any atom is 0.274 e. The van der Waals surface area contributed by atoms with Crippen LogP contribution >= 0.6 is 0 Å². The first-order chi connectivity index (χ1) is 11.6. The molecule has 0 aliphatic carbocycles. The first-order valence-corrected chi connectivity index (χ1v) is 8.11. The Labute approximate surface area is 140 Å². The Morgan fingerprint density at radius 3 is 3.17 bits per heavy atom. The number of nitrogens with zero attached hydrogens (tertiary/aromatic N) is 4. The number of aromatic nitrogens is 3. The van der Waals surface area contributed by atoms with E-state index in [4.69, 9.17) is 9.47 Å². The minimum Gasteiger partial charge on any atom is -0.486 e. The van der Waals surface area contributed by atoms with Crippen LogP contribution in [0.5, 0.6) is 5.75 Å². The molecule has 24 heavy (non-hydrogen) atoms. The van der Waals surface area contributed by atoms with Gasteiger partial charge in [-0.25, -0.2) is 4.98 Å². The molecule has 0 bridgehead atoms. The molecule has 7 heteroatoms. The van der Waals surface area contributed by atoms with Crippen LogP contribution in [0.25, 0.3) is 0 Å². The molecule has 126 valence electrons. The molecule has 0 unspecified atom stereocenters. The maximum absolute atomic E-state index is 12.5. The lowest BCUT2D eigenvalue weighted by Crippen LogP contribution is -2.36. The minimum absolute atomic E-state index is 0.000831. The minimum atomic E-state index is -0.294. The third kappa shape index (κ3) is 2.87. The van der Waals surface area contributed by atoms with Crippen molar-refractivity contribution < 1.29 is 14.3 Å². The lowest BCUT2D eigenvalue weighted by atomic mass is 9.98. The largest absolute Gasteiger partial charge is 0.486 e. The lowest BCUT2D eigenvalue weighted by molar-refractivity contribution is 0.00989. The first kappa shape index (κ1) is 15.1. The summed E-state index contributed by atoms with van der Waals surface area (Å²) in [5.41, 5.74) is 0.188. The van der Waals surface area contributed by atoms with E-state index in [2.05, 4.69) is 9.97 Å². The quantitative estimate of drug-likeness (QED) is 0.849. The monoisotopic (exact) mass is 328 g/mol. The van der Waals surface area contributed by atoms with E-state index in [0.29, 0.717) is 25.4 Å². The molecule has 2 aromatic rings. The molecule has 4 heterocycles. The van der Waals surface area contributed by atoms with Crippen LogP contribution < -0.4 is 4.74 Å². The Morgan fingerprint density at radius 2 is 2.42 bits per heavy atom. The Hall–Kier alpha value is -2.41. The van der Waals surface area contributed by atoms with Gasteiger partial charge in [0.25, 0.3) is 5.91 Å². The molecule has 2 atom stereocenters. The van der Waals surface area contributed by atoms with Gasteiger partial charge in [-0.15, -0.1) is 0 Å². The zero-order valence-electron chi connectivity index (χ0n) is 13.6. The van der Waals surface area contributed by atoms with Gasteiger partial charge in [0.1, 0.15) is 17.5 Å². The summed E-state index contributed by atoms with van der Waals surface area (Å²) in [6.07, 6.45) is 8.43. The van der Waals surface area contributed by atoms with Crippen molar-refractivity contribution >= 4 is 5.91 Å². The second kappa shape index (κ2) is 5.90. The van der Waals surface area contributed by atoms with Crippen LogP contribution in [0.3, 0.4) is 0 Å². The van der Waals surface area contributed by atoms with Gasteiger partial charge in [-0.05, 0) is 18.6 Å². The number of hydrogen-bond acceptors (Lipinski definition) is 5. The van der Waals surface area contributed by atoms with Crippen molar-refractivity contribution in [3.63, 3.8) is 0 Å². The molecule has 0 saturated carbocycles. The predicted octanol–water partition coefficient (Wildman–Crippen LogP) is 1.27. The molecular formula is C17H20N4O3. The summed E-state index contributed by atoms with van der Waals surface area (Å²) in [5, 5.41) is 0. The highest BCUT2D eigenvalue weighted by Crippen LogP contribution is 2.36. The zero-order chi connectivity index (χ0) is 16.6. The summed E-state index contributed by atoms with van der Waals surface area (Å²) in [6, 6.07) is 3.74. The molecule has 4 rings (SSSR count). The highest BCUT2D eigenvalue weighted by atomic mass is 16.6. The topological polar surface area (TPSA) is 69.5 Å². The molecule has 7 nitrogen and oxygen atoms in total. The summed E-state index contributed by atoms with van der Waals surface area (Å²) in [5.74, 6) is 0.718. The van der Waals surface area contributed by atoms with Gasteiger partial charge in [0.2, 0.25) is 0 Å². The standard InChI is InChI=1S/C17H20N4O3/c1-20-9-15(19-12-20)16(22)21-6-4-17(11-21)7-14(10-23-17)24-13-3-2-5-18-8-13/h2-3,5,8-9,12,14H,4,6-7,10-11H2,1H3/t14-,17-/m1/s1. The van der Waals surface area contributed by atoms with E-state index in [-0.39, 0.29) is 17.6 Å². The summed E-state index contributed by atoms with van der Waals surface area (Å²) in [6.45, 7) is 1.82. The number of rotatable bonds is 3. The number of hydrogen-bond donors (Lipinski definition) is 0. The predicted molar refractivity (Wildman–Crippen MR) is 85.7 cm³/mol. The molecule has 2 aliphatic rings. The molecule has 1 amide bonds. The highest BCUT2D eigenvalue weighted by Gasteiger charge is 2.47. The lowest BCUT2D eigenvalue weighted by Gasteiger charge is -2.23. The van der Waals surface area contributed by atoms with Gasteiger partial charge in [-0.2, -0.15) is 0 Å². The third-order valence-electron chi connectivity index (χ3n) is 4.64. The number of amides is 1. The number of aryl methyl sites for hydroxylation is 1. The Balaban J connectivity index is 1.38. The average molecular weight is 328 g/mol. The third-order valence-corrected chi connectivity index (χ3v) is 4.64. The van der Waals surface area contributed by atoms with Crippen molar-refractivity contribution in [3.05, 3.63) is 42.7 Å². The van der Waals surface area contributed by atoms with Gasteiger partial charge in [0.05, 0.1) is 31.3 Å². The molecule has 0 aromatic carbocycles. The number of carbonyl (C=O) groups is 1. The number of ether oxygens (including phenoxy) is 2. The van der Waals surface area contributed by atoms with E-state index in [1.807, 2.05) is 24.1 Å². The zero-order valence-corrected chi connectivity index (χ0v) is 13.6. The molecule has 2 aliphatic heterocycles. The van der Waals surface area contributed by atoms with E-state index in [1.165, 1.54) is 0 Å². The van der Waals surface area contributed by atoms with Crippen molar-refractivity contribution in [2.24, 2.45) is 7.05 Å². The Bertz CT molecular complexity index is 732. The highest BCUT2D eigenvalue weighted by molar-refractivity contribution is 5.92. The Morgan fingerprint density at radius 1 is 1.50 bits per heavy atom. The molecule has 2 fully saturated rings. The van der Waals surface area contributed by atoms with Gasteiger partial charge < -0.3 is 18.9 Å². The van der Waals surface area contributed by atoms with Gasteiger partial charge in [-0.1, -0.05) is 0 Å². The summed E-state index contributed by atoms with van der Waals surface area (Å²) < 4.78 is 13.8. The van der Waals surface area contributed by atoms with E-state index >= 15 is 0 Å². The molecule has 2 aromatic heterocycles. The van der Waals surface area contributed by atoms with Gasteiger partial charge in [-0.3, -0.25) is 9.78 Å². The van der Waals surface area contributed by atoms with Crippen LogP contribution in [0, 0.1) is 0 Å². The smallest absolute Gasteiger partial charge is 0.274 e. The van der Waals surface area contributed by atoms with Crippen molar-refractivity contribution in [3.8, 4) is 5.75 Å². The van der Waals surface area contributed by atoms with E-state index in [9.17, 15) is 4.79 Å². The number of pyridine rings is 1. The van der Waals surface area contributed by atoms with Crippen molar-refractivity contribution in [1.29, 1.82) is 0 Å².